The molecule has 0 bridgehead atoms. The first-order valence-corrected chi connectivity index (χ1v) is 9.97. The number of fused-ring (bicyclic) bond motifs is 1. The maximum atomic E-state index is 12.8. The number of nitrogens with one attached hydrogen (secondary N) is 1. The Morgan fingerprint density at radius 1 is 1.11 bits per heavy atom. The number of carbonyl (C=O) groups excluding carboxylic acids is 1. The van der Waals surface area contributed by atoms with Crippen LogP contribution < -0.4 is 25.8 Å². The molecule has 1 aliphatic heterocycles. The smallest absolute Gasteiger partial charge is 0.234 e. The summed E-state index contributed by atoms with van der Waals surface area (Å²) in [5.74, 6) is 0.654. The molecule has 0 saturated heterocycles. The molecule has 0 radical (unpaired) electrons. The molecule has 3 N–H and O–H groups in total. The molecule has 0 spiro atoms. The van der Waals surface area contributed by atoms with Gasteiger partial charge in [-0.15, -0.1) is 11.3 Å². The first kappa shape index (κ1) is 18.3. The number of rotatable bonds is 4. The molecular formula is C22H22N4OS. The summed E-state index contributed by atoms with van der Waals surface area (Å²) in [5, 5.41) is 5.98. The molecule has 2 aromatic carbocycles. The van der Waals surface area contributed by atoms with Gasteiger partial charge in [0.2, 0.25) is 5.91 Å². The molecule has 6 heteroatoms. The van der Waals surface area contributed by atoms with Gasteiger partial charge in [0.1, 0.15) is 17.2 Å². The monoisotopic (exact) mass is 390 g/mol. The molecule has 1 amide bonds. The summed E-state index contributed by atoms with van der Waals surface area (Å²) >= 11 is 1.59. The molecule has 28 heavy (non-hydrogen) atoms. The molecule has 1 aromatic heterocycles. The van der Waals surface area contributed by atoms with E-state index >= 15 is 0 Å². The number of carbonyl (C=O) groups is 1. The number of benzene rings is 2. The number of thiophene rings is 1. The quantitative estimate of drug-likeness (QED) is 0.720. The minimum atomic E-state index is -0.626. The van der Waals surface area contributed by atoms with Crippen molar-refractivity contribution in [1.82, 2.24) is 0 Å². The number of nitrogens with two attached hydrogens (primary N) is 1. The maximum Gasteiger partial charge on any atom is 0.234 e. The summed E-state index contributed by atoms with van der Waals surface area (Å²) in [5.41, 5.74) is 8.38. The van der Waals surface area contributed by atoms with E-state index in [0.717, 1.165) is 26.8 Å². The number of hydrogen-bond acceptors (Lipinski definition) is 5. The highest BCUT2D eigenvalue weighted by atomic mass is 32.1. The average Bonchev–Trinajstić information content (AvgIpc) is 3.19. The fraction of sp³-hybridized carbons (Fsp3) is 0.182. The van der Waals surface area contributed by atoms with Gasteiger partial charge in [-0.1, -0.05) is 30.3 Å². The third kappa shape index (κ3) is 3.27. The summed E-state index contributed by atoms with van der Waals surface area (Å²) in [4.78, 5) is 19.4. The lowest BCUT2D eigenvalue weighted by Gasteiger charge is -2.26. The predicted octanol–water partition coefficient (Wildman–Crippen LogP) is 2.79. The lowest BCUT2D eigenvalue weighted by Crippen LogP contribution is -2.41. The van der Waals surface area contributed by atoms with Crippen molar-refractivity contribution < 1.29 is 4.79 Å². The van der Waals surface area contributed by atoms with Crippen LogP contribution in [-0.4, -0.2) is 12.6 Å². The van der Waals surface area contributed by atoms with Crippen LogP contribution in [0.25, 0.3) is 5.82 Å². The number of amides is 1. The average molecular weight is 391 g/mol. The van der Waals surface area contributed by atoms with Crippen LogP contribution in [0.15, 0.2) is 71.0 Å². The van der Waals surface area contributed by atoms with Crippen LogP contribution in [0.3, 0.4) is 0 Å². The van der Waals surface area contributed by atoms with Gasteiger partial charge in [0.15, 0.2) is 0 Å². The van der Waals surface area contributed by atoms with E-state index < -0.39 is 5.41 Å². The Morgan fingerprint density at radius 2 is 1.82 bits per heavy atom. The summed E-state index contributed by atoms with van der Waals surface area (Å²) in [6.45, 7) is 4.34. The SMILES string of the molecule is CC(C)(C(=O)Nc1ccc(N2CN=c3sccc3=C2N)cc1)c1ccccc1. The van der Waals surface area contributed by atoms with Crippen molar-refractivity contribution in [2.45, 2.75) is 19.3 Å². The van der Waals surface area contributed by atoms with Crippen molar-refractivity contribution in [2.75, 3.05) is 16.9 Å². The van der Waals surface area contributed by atoms with Gasteiger partial charge in [0.05, 0.1) is 10.6 Å². The number of hydrogen-bond donors (Lipinski definition) is 2. The highest BCUT2D eigenvalue weighted by molar-refractivity contribution is 7.07. The molecule has 0 atom stereocenters. The Morgan fingerprint density at radius 3 is 2.54 bits per heavy atom. The van der Waals surface area contributed by atoms with Gasteiger partial charge in [0, 0.05) is 11.4 Å². The van der Waals surface area contributed by atoms with E-state index in [0.29, 0.717) is 12.5 Å². The van der Waals surface area contributed by atoms with Crippen LogP contribution in [0, 0.1) is 0 Å². The van der Waals surface area contributed by atoms with Crippen molar-refractivity contribution in [1.29, 1.82) is 0 Å². The standard InChI is InChI=1S/C22H22N4OS/c1-22(2,15-6-4-3-5-7-15)21(27)25-16-8-10-17(11-9-16)26-14-24-20-18(19(26)23)12-13-28-20/h3-13H,14,23H2,1-2H3,(H,25,27). The fourth-order valence-electron chi connectivity index (χ4n) is 3.19. The highest BCUT2D eigenvalue weighted by Crippen LogP contribution is 2.26. The van der Waals surface area contributed by atoms with Crippen LogP contribution in [0.1, 0.15) is 19.4 Å². The van der Waals surface area contributed by atoms with Crippen molar-refractivity contribution in [3.63, 3.8) is 0 Å². The van der Waals surface area contributed by atoms with Crippen LogP contribution >= 0.6 is 11.3 Å². The Kier molecular flexibility index (Phi) is 4.65. The van der Waals surface area contributed by atoms with E-state index in [9.17, 15) is 4.79 Å². The topological polar surface area (TPSA) is 70.7 Å². The second-order valence-electron chi connectivity index (χ2n) is 7.24. The van der Waals surface area contributed by atoms with Crippen LogP contribution in [0.5, 0.6) is 0 Å². The largest absolute Gasteiger partial charge is 0.384 e. The lowest BCUT2D eigenvalue weighted by atomic mass is 9.83. The van der Waals surface area contributed by atoms with Gasteiger partial charge in [-0.25, -0.2) is 0 Å². The molecule has 0 fully saturated rings. The molecule has 2 heterocycles. The van der Waals surface area contributed by atoms with E-state index in [1.54, 1.807) is 11.3 Å². The van der Waals surface area contributed by atoms with Crippen molar-refractivity contribution >= 4 is 34.4 Å². The van der Waals surface area contributed by atoms with Gasteiger partial charge in [-0.2, -0.15) is 0 Å². The molecule has 142 valence electrons. The molecule has 5 nitrogen and oxygen atoms in total. The fourth-order valence-corrected chi connectivity index (χ4v) is 3.96. The van der Waals surface area contributed by atoms with E-state index in [-0.39, 0.29) is 5.91 Å². The molecule has 1 aliphatic rings. The summed E-state index contributed by atoms with van der Waals surface area (Å²) in [6.07, 6.45) is 0. The van der Waals surface area contributed by atoms with E-state index in [2.05, 4.69) is 10.3 Å². The Labute approximate surface area is 167 Å². The van der Waals surface area contributed by atoms with Gasteiger partial charge >= 0.3 is 0 Å². The van der Waals surface area contributed by atoms with E-state index in [4.69, 9.17) is 5.73 Å². The maximum absolute atomic E-state index is 12.8. The van der Waals surface area contributed by atoms with Crippen LogP contribution in [0.2, 0.25) is 0 Å². The normalized spacial score (nSPS) is 13.6. The van der Waals surface area contributed by atoms with Gasteiger partial charge in [0.25, 0.3) is 0 Å². The van der Waals surface area contributed by atoms with Crippen molar-refractivity contribution in [3.05, 3.63) is 81.5 Å². The third-order valence-electron chi connectivity index (χ3n) is 5.07. The van der Waals surface area contributed by atoms with Crippen LogP contribution in [-0.2, 0) is 10.2 Å². The van der Waals surface area contributed by atoms with Crippen molar-refractivity contribution in [3.8, 4) is 0 Å². The zero-order valence-corrected chi connectivity index (χ0v) is 16.7. The molecule has 3 aromatic rings. The molecule has 0 unspecified atom stereocenters. The minimum absolute atomic E-state index is 0.0478. The summed E-state index contributed by atoms with van der Waals surface area (Å²) in [7, 11) is 0. The minimum Gasteiger partial charge on any atom is -0.384 e. The van der Waals surface area contributed by atoms with Crippen LogP contribution in [0.4, 0.5) is 11.4 Å². The number of anilines is 2. The first-order chi connectivity index (χ1) is 13.5. The van der Waals surface area contributed by atoms with Gasteiger partial charge in [-0.05, 0) is 55.1 Å². The Bertz CT molecular complexity index is 1120. The van der Waals surface area contributed by atoms with Gasteiger partial charge < -0.3 is 16.0 Å². The van der Waals surface area contributed by atoms with Crippen molar-refractivity contribution in [2.24, 2.45) is 10.7 Å². The Balaban J connectivity index is 1.52. The van der Waals surface area contributed by atoms with E-state index in [1.807, 2.05) is 84.8 Å². The second kappa shape index (κ2) is 7.13. The van der Waals surface area contributed by atoms with Gasteiger partial charge in [-0.3, -0.25) is 9.79 Å². The molecule has 0 saturated carbocycles. The Hall–Kier alpha value is -3.12. The molecule has 0 aliphatic carbocycles. The zero-order chi connectivity index (χ0) is 19.7. The second-order valence-corrected chi connectivity index (χ2v) is 8.14. The van der Waals surface area contributed by atoms with E-state index in [1.165, 1.54) is 0 Å². The lowest BCUT2D eigenvalue weighted by molar-refractivity contribution is -0.120. The number of nitrogens with zero attached hydrogens (tertiary/aromatic N) is 2. The highest BCUT2D eigenvalue weighted by Gasteiger charge is 2.29. The predicted molar refractivity (Wildman–Crippen MR) is 115 cm³/mol. The summed E-state index contributed by atoms with van der Waals surface area (Å²) < 4.78 is 0.973. The first-order valence-electron chi connectivity index (χ1n) is 9.09. The molecular weight excluding hydrogens is 368 g/mol. The summed E-state index contributed by atoms with van der Waals surface area (Å²) in [6, 6.07) is 19.5. The zero-order valence-electron chi connectivity index (χ0n) is 15.8. The third-order valence-corrected chi connectivity index (χ3v) is 5.91. The molecule has 4 rings (SSSR count).